The van der Waals surface area contributed by atoms with Crippen LogP contribution in [0.1, 0.15) is 37.8 Å². The Hall–Kier alpha value is -1.06. The standard InChI is InChI=1S/C21H36N4O2.HI/c1-6-26-11-12-27-20-13-16(2)7-8-18(20)15-24-21(22-4)23-14-17(3)25(5)19-9-10-19;/h7-8,13,17,19H,6,9-12,14-15H2,1-5H3,(H2,22,23,24);1H. The highest BCUT2D eigenvalue weighted by molar-refractivity contribution is 14.0. The Kier molecular flexibility index (Phi) is 11.8. The quantitative estimate of drug-likeness (QED) is 0.210. The molecule has 2 rings (SSSR count). The number of hydrogen-bond donors (Lipinski definition) is 2. The van der Waals surface area contributed by atoms with E-state index < -0.39 is 0 Å². The zero-order chi connectivity index (χ0) is 19.6. The average Bonchev–Trinajstić information content (AvgIpc) is 3.51. The molecule has 160 valence electrons. The number of hydrogen-bond acceptors (Lipinski definition) is 4. The Bertz CT molecular complexity index is 608. The first-order valence-corrected chi connectivity index (χ1v) is 10.0. The topological polar surface area (TPSA) is 58.1 Å². The van der Waals surface area contributed by atoms with Gasteiger partial charge in [0.05, 0.1) is 6.61 Å². The lowest BCUT2D eigenvalue weighted by Crippen LogP contribution is -2.45. The van der Waals surface area contributed by atoms with Crippen LogP contribution in [0.3, 0.4) is 0 Å². The maximum atomic E-state index is 5.92. The van der Waals surface area contributed by atoms with E-state index in [1.54, 1.807) is 7.05 Å². The molecule has 0 aliphatic heterocycles. The molecule has 1 fully saturated rings. The van der Waals surface area contributed by atoms with Gasteiger partial charge in [0.2, 0.25) is 0 Å². The Balaban J connectivity index is 0.00000392. The molecule has 1 atom stereocenters. The minimum absolute atomic E-state index is 0. The molecule has 1 aromatic carbocycles. The molecule has 1 aliphatic carbocycles. The molecule has 1 unspecified atom stereocenters. The third-order valence-electron chi connectivity index (χ3n) is 4.96. The monoisotopic (exact) mass is 504 g/mol. The van der Waals surface area contributed by atoms with Crippen LogP contribution in [0.2, 0.25) is 0 Å². The summed E-state index contributed by atoms with van der Waals surface area (Å²) < 4.78 is 11.3. The number of guanidine groups is 1. The number of aryl methyl sites for hydroxylation is 1. The third kappa shape index (κ3) is 8.53. The first kappa shape index (κ1) is 25.0. The number of nitrogens with one attached hydrogen (secondary N) is 2. The zero-order valence-corrected chi connectivity index (χ0v) is 20.3. The second kappa shape index (κ2) is 13.2. The summed E-state index contributed by atoms with van der Waals surface area (Å²) in [5.74, 6) is 1.71. The zero-order valence-electron chi connectivity index (χ0n) is 18.0. The van der Waals surface area contributed by atoms with Gasteiger partial charge in [-0.3, -0.25) is 9.89 Å². The molecule has 1 aliphatic rings. The second-order valence-electron chi connectivity index (χ2n) is 7.21. The van der Waals surface area contributed by atoms with Crippen LogP contribution >= 0.6 is 24.0 Å². The largest absolute Gasteiger partial charge is 0.491 e. The lowest BCUT2D eigenvalue weighted by Gasteiger charge is -2.25. The summed E-state index contributed by atoms with van der Waals surface area (Å²) in [5.41, 5.74) is 2.30. The fraction of sp³-hybridized carbons (Fsp3) is 0.667. The van der Waals surface area contributed by atoms with Gasteiger partial charge in [0.1, 0.15) is 12.4 Å². The normalized spacial score (nSPS) is 15.1. The average molecular weight is 504 g/mol. The fourth-order valence-corrected chi connectivity index (χ4v) is 2.93. The number of halogens is 1. The lowest BCUT2D eigenvalue weighted by atomic mass is 10.1. The van der Waals surface area contributed by atoms with Crippen LogP contribution in [0.4, 0.5) is 0 Å². The Morgan fingerprint density at radius 3 is 2.68 bits per heavy atom. The highest BCUT2D eigenvalue weighted by Crippen LogP contribution is 2.26. The molecule has 1 aromatic rings. The summed E-state index contributed by atoms with van der Waals surface area (Å²) in [7, 11) is 4.01. The van der Waals surface area contributed by atoms with Crippen molar-refractivity contribution in [2.75, 3.05) is 40.5 Å². The molecule has 0 radical (unpaired) electrons. The Morgan fingerprint density at radius 1 is 1.29 bits per heavy atom. The first-order chi connectivity index (χ1) is 13.0. The van der Waals surface area contributed by atoms with E-state index in [-0.39, 0.29) is 24.0 Å². The molecule has 28 heavy (non-hydrogen) atoms. The Labute approximate surface area is 187 Å². The summed E-state index contributed by atoms with van der Waals surface area (Å²) in [6, 6.07) is 7.53. The van der Waals surface area contributed by atoms with Gasteiger partial charge in [-0.25, -0.2) is 0 Å². The summed E-state index contributed by atoms with van der Waals surface area (Å²) in [6.45, 7) is 9.73. The van der Waals surface area contributed by atoms with Crippen LogP contribution in [0, 0.1) is 6.92 Å². The highest BCUT2D eigenvalue weighted by Gasteiger charge is 2.28. The van der Waals surface area contributed by atoms with E-state index in [0.29, 0.717) is 32.4 Å². The third-order valence-corrected chi connectivity index (χ3v) is 4.96. The predicted molar refractivity (Wildman–Crippen MR) is 127 cm³/mol. The highest BCUT2D eigenvalue weighted by atomic mass is 127. The van der Waals surface area contributed by atoms with Crippen molar-refractivity contribution in [1.82, 2.24) is 15.5 Å². The number of benzene rings is 1. The SMILES string of the molecule is CCOCCOc1cc(C)ccc1CNC(=NC)NCC(C)N(C)C1CC1.I. The molecule has 0 heterocycles. The minimum atomic E-state index is 0. The Morgan fingerprint density at radius 2 is 2.04 bits per heavy atom. The molecular weight excluding hydrogens is 467 g/mol. The second-order valence-corrected chi connectivity index (χ2v) is 7.21. The van der Waals surface area contributed by atoms with E-state index in [1.165, 1.54) is 18.4 Å². The summed E-state index contributed by atoms with van der Waals surface area (Å²) in [4.78, 5) is 6.79. The molecule has 7 heteroatoms. The van der Waals surface area contributed by atoms with E-state index >= 15 is 0 Å². The summed E-state index contributed by atoms with van der Waals surface area (Å²) >= 11 is 0. The van der Waals surface area contributed by atoms with Crippen LogP contribution in [0.25, 0.3) is 0 Å². The number of ether oxygens (including phenoxy) is 2. The molecule has 2 N–H and O–H groups in total. The molecule has 0 spiro atoms. The van der Waals surface area contributed by atoms with Crippen molar-refractivity contribution in [3.63, 3.8) is 0 Å². The molecular formula is C21H37IN4O2. The van der Waals surface area contributed by atoms with E-state index in [1.807, 2.05) is 6.92 Å². The molecule has 0 aromatic heterocycles. The van der Waals surface area contributed by atoms with Crippen LogP contribution in [-0.4, -0.2) is 63.4 Å². The summed E-state index contributed by atoms with van der Waals surface area (Å²) in [6.07, 6.45) is 2.65. The lowest BCUT2D eigenvalue weighted by molar-refractivity contribution is 0.110. The van der Waals surface area contributed by atoms with Gasteiger partial charge < -0.3 is 20.1 Å². The fourth-order valence-electron chi connectivity index (χ4n) is 2.93. The van der Waals surface area contributed by atoms with Crippen LogP contribution in [0.5, 0.6) is 5.75 Å². The van der Waals surface area contributed by atoms with Crippen molar-refractivity contribution in [3.8, 4) is 5.75 Å². The van der Waals surface area contributed by atoms with E-state index in [9.17, 15) is 0 Å². The van der Waals surface area contributed by atoms with E-state index in [2.05, 4.69) is 59.6 Å². The van der Waals surface area contributed by atoms with Gasteiger partial charge in [-0.2, -0.15) is 0 Å². The first-order valence-electron chi connectivity index (χ1n) is 10.0. The number of nitrogens with zero attached hydrogens (tertiary/aromatic N) is 2. The van der Waals surface area contributed by atoms with Gasteiger partial charge >= 0.3 is 0 Å². The van der Waals surface area contributed by atoms with Gasteiger partial charge in [0.15, 0.2) is 5.96 Å². The van der Waals surface area contributed by atoms with Crippen molar-refractivity contribution < 1.29 is 9.47 Å². The van der Waals surface area contributed by atoms with Crippen molar-refractivity contribution in [2.24, 2.45) is 4.99 Å². The molecule has 0 amide bonds. The van der Waals surface area contributed by atoms with Crippen LogP contribution < -0.4 is 15.4 Å². The number of aliphatic imine (C=N–C) groups is 1. The van der Waals surface area contributed by atoms with Gasteiger partial charge in [-0.1, -0.05) is 12.1 Å². The van der Waals surface area contributed by atoms with Crippen molar-refractivity contribution >= 4 is 29.9 Å². The summed E-state index contributed by atoms with van der Waals surface area (Å²) in [5, 5.41) is 6.83. The van der Waals surface area contributed by atoms with Gasteiger partial charge in [0.25, 0.3) is 0 Å². The molecule has 1 saturated carbocycles. The molecule has 0 bridgehead atoms. The number of rotatable bonds is 11. The number of likely N-dealkylation sites (N-methyl/N-ethyl adjacent to an activating group) is 1. The maximum absolute atomic E-state index is 5.92. The molecule has 6 nitrogen and oxygen atoms in total. The van der Waals surface area contributed by atoms with Crippen LogP contribution in [-0.2, 0) is 11.3 Å². The molecule has 0 saturated heterocycles. The predicted octanol–water partition coefficient (Wildman–Crippen LogP) is 3.18. The van der Waals surface area contributed by atoms with Gasteiger partial charge in [-0.15, -0.1) is 24.0 Å². The van der Waals surface area contributed by atoms with E-state index in [0.717, 1.165) is 29.9 Å². The van der Waals surface area contributed by atoms with Gasteiger partial charge in [-0.05, 0) is 52.3 Å². The van der Waals surface area contributed by atoms with E-state index in [4.69, 9.17) is 9.47 Å². The van der Waals surface area contributed by atoms with Gasteiger partial charge in [0, 0.05) is 44.4 Å². The smallest absolute Gasteiger partial charge is 0.191 e. The van der Waals surface area contributed by atoms with Crippen molar-refractivity contribution in [2.45, 2.75) is 52.2 Å². The van der Waals surface area contributed by atoms with Crippen molar-refractivity contribution in [1.29, 1.82) is 0 Å². The van der Waals surface area contributed by atoms with Crippen LogP contribution in [0.15, 0.2) is 23.2 Å². The maximum Gasteiger partial charge on any atom is 0.191 e. The minimum Gasteiger partial charge on any atom is -0.491 e. The van der Waals surface area contributed by atoms with Crippen molar-refractivity contribution in [3.05, 3.63) is 29.3 Å².